The van der Waals surface area contributed by atoms with Crippen molar-refractivity contribution in [1.29, 1.82) is 0 Å². The molecule has 0 amide bonds. The second kappa shape index (κ2) is 5.58. The summed E-state index contributed by atoms with van der Waals surface area (Å²) in [6, 6.07) is 6.82. The lowest BCUT2D eigenvalue weighted by atomic mass is 10.2. The third-order valence-corrected chi connectivity index (χ3v) is 4.53. The molecule has 1 aliphatic heterocycles. The molecule has 0 radical (unpaired) electrons. The van der Waals surface area contributed by atoms with Gasteiger partial charge in [-0.05, 0) is 31.5 Å². The molecule has 6 heteroatoms. The summed E-state index contributed by atoms with van der Waals surface area (Å²) in [5, 5.41) is 0. The SMILES string of the molecule is Cc1cccc(S(=O)(=O)NCCC2(C)OCCO2)c1. The van der Waals surface area contributed by atoms with Crippen LogP contribution in [0, 0.1) is 6.92 Å². The van der Waals surface area contributed by atoms with Crippen molar-refractivity contribution in [3.05, 3.63) is 29.8 Å². The van der Waals surface area contributed by atoms with Crippen LogP contribution in [0.5, 0.6) is 0 Å². The molecule has 1 aliphatic rings. The average Bonchev–Trinajstić information content (AvgIpc) is 2.76. The highest BCUT2D eigenvalue weighted by atomic mass is 32.2. The molecule has 0 aliphatic carbocycles. The number of benzene rings is 1. The number of sulfonamides is 1. The molecule has 19 heavy (non-hydrogen) atoms. The first-order valence-corrected chi connectivity index (χ1v) is 7.74. The van der Waals surface area contributed by atoms with E-state index in [2.05, 4.69) is 4.72 Å². The third-order valence-electron chi connectivity index (χ3n) is 3.07. The van der Waals surface area contributed by atoms with Crippen LogP contribution in [-0.2, 0) is 19.5 Å². The molecule has 1 fully saturated rings. The zero-order valence-electron chi connectivity index (χ0n) is 11.2. The molecule has 0 spiro atoms. The van der Waals surface area contributed by atoms with Gasteiger partial charge in [0.25, 0.3) is 0 Å². The molecule has 1 aromatic carbocycles. The quantitative estimate of drug-likeness (QED) is 0.889. The number of ether oxygens (including phenoxy) is 2. The zero-order chi connectivity index (χ0) is 13.9. The van der Waals surface area contributed by atoms with Gasteiger partial charge in [0.1, 0.15) is 0 Å². The summed E-state index contributed by atoms with van der Waals surface area (Å²) in [5.74, 6) is -0.672. The highest BCUT2D eigenvalue weighted by Gasteiger charge is 2.30. The molecule has 5 nitrogen and oxygen atoms in total. The summed E-state index contributed by atoms with van der Waals surface area (Å²) in [4.78, 5) is 0.283. The Kier molecular flexibility index (Phi) is 4.25. The molecule has 0 unspecified atom stereocenters. The topological polar surface area (TPSA) is 64.6 Å². The summed E-state index contributed by atoms with van der Waals surface area (Å²) >= 11 is 0. The summed E-state index contributed by atoms with van der Waals surface area (Å²) in [6.07, 6.45) is 0.484. The van der Waals surface area contributed by atoms with E-state index in [1.54, 1.807) is 18.2 Å². The van der Waals surface area contributed by atoms with Gasteiger partial charge in [-0.3, -0.25) is 0 Å². The van der Waals surface area contributed by atoms with Crippen LogP contribution in [0.3, 0.4) is 0 Å². The van der Waals surface area contributed by atoms with Crippen LogP contribution in [0.1, 0.15) is 18.9 Å². The molecule has 1 N–H and O–H groups in total. The fraction of sp³-hybridized carbons (Fsp3) is 0.538. The first kappa shape index (κ1) is 14.5. The van der Waals surface area contributed by atoms with E-state index in [1.165, 1.54) is 0 Å². The minimum absolute atomic E-state index is 0.283. The van der Waals surface area contributed by atoms with Crippen LogP contribution >= 0.6 is 0 Å². The van der Waals surface area contributed by atoms with Crippen molar-refractivity contribution in [2.45, 2.75) is 31.0 Å². The normalized spacial score (nSPS) is 18.6. The van der Waals surface area contributed by atoms with Crippen molar-refractivity contribution in [2.24, 2.45) is 0 Å². The zero-order valence-corrected chi connectivity index (χ0v) is 12.0. The van der Waals surface area contributed by atoms with Gasteiger partial charge in [-0.2, -0.15) is 0 Å². The van der Waals surface area contributed by atoms with Gasteiger partial charge in [0, 0.05) is 13.0 Å². The monoisotopic (exact) mass is 285 g/mol. The van der Waals surface area contributed by atoms with E-state index in [9.17, 15) is 8.42 Å². The lowest BCUT2D eigenvalue weighted by molar-refractivity contribution is -0.145. The Labute approximate surface area is 114 Å². The fourth-order valence-electron chi connectivity index (χ4n) is 1.98. The summed E-state index contributed by atoms with van der Waals surface area (Å²) in [6.45, 7) is 5.08. The maximum atomic E-state index is 12.1. The molecule has 1 aromatic rings. The van der Waals surface area contributed by atoms with Crippen LogP contribution in [0.4, 0.5) is 0 Å². The molecule has 1 saturated heterocycles. The molecular weight excluding hydrogens is 266 g/mol. The second-order valence-electron chi connectivity index (χ2n) is 4.80. The van der Waals surface area contributed by atoms with Crippen LogP contribution < -0.4 is 4.72 Å². The number of hydrogen-bond acceptors (Lipinski definition) is 4. The largest absolute Gasteiger partial charge is 0.348 e. The third kappa shape index (κ3) is 3.76. The van der Waals surface area contributed by atoms with Gasteiger partial charge >= 0.3 is 0 Å². The second-order valence-corrected chi connectivity index (χ2v) is 6.56. The van der Waals surface area contributed by atoms with E-state index in [0.717, 1.165) is 5.56 Å². The minimum atomic E-state index is -3.46. The van der Waals surface area contributed by atoms with Gasteiger partial charge in [0.15, 0.2) is 5.79 Å². The molecule has 0 bridgehead atoms. The number of aryl methyl sites for hydroxylation is 1. The van der Waals surface area contributed by atoms with E-state index < -0.39 is 15.8 Å². The van der Waals surface area contributed by atoms with Gasteiger partial charge in [0.05, 0.1) is 18.1 Å². The van der Waals surface area contributed by atoms with Crippen LogP contribution in [0.25, 0.3) is 0 Å². The number of hydrogen-bond donors (Lipinski definition) is 1. The van der Waals surface area contributed by atoms with Crippen molar-refractivity contribution >= 4 is 10.0 Å². The van der Waals surface area contributed by atoms with E-state index in [4.69, 9.17) is 9.47 Å². The minimum Gasteiger partial charge on any atom is -0.348 e. The van der Waals surface area contributed by atoms with Gasteiger partial charge in [-0.15, -0.1) is 0 Å². The summed E-state index contributed by atoms with van der Waals surface area (Å²) in [7, 11) is -3.46. The van der Waals surface area contributed by atoms with E-state index in [1.807, 2.05) is 19.9 Å². The molecule has 0 atom stereocenters. The van der Waals surface area contributed by atoms with Gasteiger partial charge in [0.2, 0.25) is 10.0 Å². The standard InChI is InChI=1S/C13H19NO4S/c1-11-4-3-5-12(10-11)19(15,16)14-7-6-13(2)17-8-9-18-13/h3-5,10,14H,6-9H2,1-2H3. The first-order chi connectivity index (χ1) is 8.91. The van der Waals surface area contributed by atoms with Crippen molar-refractivity contribution < 1.29 is 17.9 Å². The maximum Gasteiger partial charge on any atom is 0.240 e. The van der Waals surface area contributed by atoms with Crippen molar-refractivity contribution in [1.82, 2.24) is 4.72 Å². The summed E-state index contributed by atoms with van der Waals surface area (Å²) in [5.41, 5.74) is 0.914. The lowest BCUT2D eigenvalue weighted by Gasteiger charge is -2.22. The highest BCUT2D eigenvalue weighted by Crippen LogP contribution is 2.22. The van der Waals surface area contributed by atoms with Gasteiger partial charge in [-0.25, -0.2) is 13.1 Å². The Hall–Kier alpha value is -0.950. The molecule has 2 rings (SSSR count). The lowest BCUT2D eigenvalue weighted by Crippen LogP contribution is -2.33. The van der Waals surface area contributed by atoms with Gasteiger partial charge in [-0.1, -0.05) is 12.1 Å². The molecular formula is C13H19NO4S. The average molecular weight is 285 g/mol. The van der Waals surface area contributed by atoms with Crippen LogP contribution in [0.15, 0.2) is 29.2 Å². The summed E-state index contributed by atoms with van der Waals surface area (Å²) < 4.78 is 37.6. The van der Waals surface area contributed by atoms with Crippen molar-refractivity contribution in [2.75, 3.05) is 19.8 Å². The molecule has 0 aromatic heterocycles. The predicted molar refractivity (Wildman–Crippen MR) is 71.3 cm³/mol. The molecule has 1 heterocycles. The Balaban J connectivity index is 1.95. The van der Waals surface area contributed by atoms with Gasteiger partial charge < -0.3 is 9.47 Å². The van der Waals surface area contributed by atoms with E-state index in [-0.39, 0.29) is 11.4 Å². The van der Waals surface area contributed by atoms with Crippen LogP contribution in [-0.4, -0.2) is 34.0 Å². The van der Waals surface area contributed by atoms with Crippen molar-refractivity contribution in [3.8, 4) is 0 Å². The van der Waals surface area contributed by atoms with E-state index >= 15 is 0 Å². The number of rotatable bonds is 5. The number of nitrogens with one attached hydrogen (secondary N) is 1. The Bertz CT molecular complexity index is 535. The molecule has 0 saturated carbocycles. The first-order valence-electron chi connectivity index (χ1n) is 6.26. The Morgan fingerprint density at radius 2 is 2.00 bits per heavy atom. The van der Waals surface area contributed by atoms with E-state index in [0.29, 0.717) is 19.6 Å². The Morgan fingerprint density at radius 3 is 2.63 bits per heavy atom. The maximum absolute atomic E-state index is 12.1. The fourth-order valence-corrected chi connectivity index (χ4v) is 3.12. The Morgan fingerprint density at radius 1 is 1.32 bits per heavy atom. The predicted octanol–water partition coefficient (Wildman–Crippen LogP) is 1.43. The highest BCUT2D eigenvalue weighted by molar-refractivity contribution is 7.89. The van der Waals surface area contributed by atoms with Crippen molar-refractivity contribution in [3.63, 3.8) is 0 Å². The molecule has 106 valence electrons. The van der Waals surface area contributed by atoms with Crippen LogP contribution in [0.2, 0.25) is 0 Å². The smallest absolute Gasteiger partial charge is 0.240 e.